The van der Waals surface area contributed by atoms with Gasteiger partial charge in [-0.05, 0) is 43.2 Å². The van der Waals surface area contributed by atoms with Crippen LogP contribution in [0.1, 0.15) is 35.8 Å². The fourth-order valence-corrected chi connectivity index (χ4v) is 2.72. The van der Waals surface area contributed by atoms with Gasteiger partial charge in [-0.15, -0.1) is 0 Å². The van der Waals surface area contributed by atoms with Gasteiger partial charge in [-0.1, -0.05) is 18.2 Å². The Morgan fingerprint density at radius 2 is 1.71 bits per heavy atom. The van der Waals surface area contributed by atoms with Gasteiger partial charge in [0.1, 0.15) is 5.82 Å². The number of methoxy groups -OCH3 is 2. The number of aliphatic hydroxyl groups is 1. The van der Waals surface area contributed by atoms with Crippen LogP contribution in [0.25, 0.3) is 0 Å². The molecule has 2 aromatic rings. The number of aryl methyl sites for hydroxylation is 1. The van der Waals surface area contributed by atoms with Crippen LogP contribution in [0.4, 0.5) is 4.39 Å². The molecule has 0 saturated carbocycles. The normalized spacial score (nSPS) is 13.4. The van der Waals surface area contributed by atoms with Crippen LogP contribution in [-0.2, 0) is 0 Å². The van der Waals surface area contributed by atoms with Gasteiger partial charge in [0.15, 0.2) is 11.5 Å². The molecule has 0 aromatic heterocycles. The maximum Gasteiger partial charge on any atom is 0.161 e. The quantitative estimate of drug-likeness (QED) is 0.814. The Morgan fingerprint density at radius 1 is 1.08 bits per heavy atom. The first-order valence-electron chi connectivity index (χ1n) is 7.86. The molecule has 0 aliphatic rings. The molecule has 0 heterocycles. The summed E-state index contributed by atoms with van der Waals surface area (Å²) in [5.41, 5.74) is 2.38. The maximum absolute atomic E-state index is 13.7. The SMILES string of the molecule is COc1cc(C)c(C(C)NCC(O)c2ccccc2F)cc1OC. The van der Waals surface area contributed by atoms with Gasteiger partial charge >= 0.3 is 0 Å². The van der Waals surface area contributed by atoms with E-state index in [1.165, 1.54) is 6.07 Å². The molecule has 0 radical (unpaired) electrons. The molecule has 2 rings (SSSR count). The van der Waals surface area contributed by atoms with Crippen LogP contribution in [0, 0.1) is 12.7 Å². The summed E-state index contributed by atoms with van der Waals surface area (Å²) in [4.78, 5) is 0. The van der Waals surface area contributed by atoms with Crippen molar-refractivity contribution in [3.63, 3.8) is 0 Å². The largest absolute Gasteiger partial charge is 0.493 e. The van der Waals surface area contributed by atoms with Crippen LogP contribution in [0.15, 0.2) is 36.4 Å². The molecular formula is C19H24FNO3. The Morgan fingerprint density at radius 3 is 2.33 bits per heavy atom. The summed E-state index contributed by atoms with van der Waals surface area (Å²) >= 11 is 0. The van der Waals surface area contributed by atoms with Crippen molar-refractivity contribution < 1.29 is 19.0 Å². The van der Waals surface area contributed by atoms with Crippen molar-refractivity contribution in [2.24, 2.45) is 0 Å². The van der Waals surface area contributed by atoms with Gasteiger partial charge in [0.05, 0.1) is 20.3 Å². The first-order chi connectivity index (χ1) is 11.5. The highest BCUT2D eigenvalue weighted by molar-refractivity contribution is 5.48. The van der Waals surface area contributed by atoms with Crippen LogP contribution in [0.2, 0.25) is 0 Å². The Labute approximate surface area is 142 Å². The number of aliphatic hydroxyl groups excluding tert-OH is 1. The lowest BCUT2D eigenvalue weighted by molar-refractivity contribution is 0.166. The van der Waals surface area contributed by atoms with E-state index in [9.17, 15) is 9.50 Å². The van der Waals surface area contributed by atoms with Crippen molar-refractivity contribution in [1.29, 1.82) is 0 Å². The monoisotopic (exact) mass is 333 g/mol. The third-order valence-corrected chi connectivity index (χ3v) is 4.12. The lowest BCUT2D eigenvalue weighted by atomic mass is 10.0. The van der Waals surface area contributed by atoms with E-state index in [1.807, 2.05) is 26.0 Å². The summed E-state index contributed by atoms with van der Waals surface area (Å²) in [5.74, 6) is 0.931. The average Bonchev–Trinajstić information content (AvgIpc) is 2.59. The standard InChI is InChI=1S/C19H24FNO3/c1-12-9-18(23-3)19(24-4)10-15(12)13(2)21-11-17(22)14-7-5-6-8-16(14)20/h5-10,13,17,21-22H,11H2,1-4H3. The first kappa shape index (κ1) is 18.2. The summed E-state index contributed by atoms with van der Waals surface area (Å²) in [7, 11) is 3.19. The van der Waals surface area contributed by atoms with Gasteiger partial charge in [0.25, 0.3) is 0 Å². The summed E-state index contributed by atoms with van der Waals surface area (Å²) in [5, 5.41) is 13.4. The predicted octanol–water partition coefficient (Wildman–Crippen LogP) is 3.54. The van der Waals surface area contributed by atoms with Crippen LogP contribution in [0.3, 0.4) is 0 Å². The molecule has 2 aromatic carbocycles. The number of hydrogen-bond acceptors (Lipinski definition) is 4. The van der Waals surface area contributed by atoms with E-state index in [4.69, 9.17) is 9.47 Å². The van der Waals surface area contributed by atoms with Crippen molar-refractivity contribution in [3.05, 3.63) is 58.9 Å². The van der Waals surface area contributed by atoms with Crippen LogP contribution >= 0.6 is 0 Å². The van der Waals surface area contributed by atoms with E-state index in [1.54, 1.807) is 32.4 Å². The van der Waals surface area contributed by atoms with E-state index in [-0.39, 0.29) is 12.6 Å². The van der Waals surface area contributed by atoms with Gasteiger partial charge < -0.3 is 19.9 Å². The zero-order valence-corrected chi connectivity index (χ0v) is 14.5. The number of benzene rings is 2. The molecule has 0 saturated heterocycles. The minimum atomic E-state index is -0.908. The van der Waals surface area contributed by atoms with E-state index >= 15 is 0 Å². The van der Waals surface area contributed by atoms with Gasteiger partial charge in [-0.25, -0.2) is 4.39 Å². The lowest BCUT2D eigenvalue weighted by Crippen LogP contribution is -2.25. The summed E-state index contributed by atoms with van der Waals surface area (Å²) < 4.78 is 24.4. The second-order valence-electron chi connectivity index (χ2n) is 5.73. The van der Waals surface area contributed by atoms with Crippen LogP contribution < -0.4 is 14.8 Å². The fourth-order valence-electron chi connectivity index (χ4n) is 2.72. The number of hydrogen-bond donors (Lipinski definition) is 2. The highest BCUT2D eigenvalue weighted by atomic mass is 19.1. The van der Waals surface area contributed by atoms with Crippen LogP contribution in [0.5, 0.6) is 11.5 Å². The van der Waals surface area contributed by atoms with Crippen molar-refractivity contribution >= 4 is 0 Å². The Kier molecular flexibility index (Phi) is 6.17. The zero-order valence-electron chi connectivity index (χ0n) is 14.5. The number of nitrogens with one attached hydrogen (secondary N) is 1. The van der Waals surface area contributed by atoms with Gasteiger partial charge in [0.2, 0.25) is 0 Å². The highest BCUT2D eigenvalue weighted by Crippen LogP contribution is 2.33. The van der Waals surface area contributed by atoms with Crippen molar-refractivity contribution in [1.82, 2.24) is 5.32 Å². The Balaban J connectivity index is 2.10. The summed E-state index contributed by atoms with van der Waals surface area (Å²) in [6, 6.07) is 10.1. The summed E-state index contributed by atoms with van der Waals surface area (Å²) in [6.07, 6.45) is -0.908. The molecule has 4 nitrogen and oxygen atoms in total. The fraction of sp³-hybridized carbons (Fsp3) is 0.368. The van der Waals surface area contributed by atoms with Crippen molar-refractivity contribution in [3.8, 4) is 11.5 Å². The number of halogens is 1. The molecule has 0 aliphatic carbocycles. The van der Waals surface area contributed by atoms with E-state index in [2.05, 4.69) is 5.32 Å². The molecular weight excluding hydrogens is 309 g/mol. The number of ether oxygens (including phenoxy) is 2. The molecule has 2 N–H and O–H groups in total. The Bertz CT molecular complexity index is 690. The average molecular weight is 333 g/mol. The van der Waals surface area contributed by atoms with Crippen molar-refractivity contribution in [2.75, 3.05) is 20.8 Å². The molecule has 0 amide bonds. The Hall–Kier alpha value is -2.11. The highest BCUT2D eigenvalue weighted by Gasteiger charge is 2.17. The first-order valence-corrected chi connectivity index (χ1v) is 7.86. The lowest BCUT2D eigenvalue weighted by Gasteiger charge is -2.21. The molecule has 130 valence electrons. The molecule has 0 fully saturated rings. The zero-order chi connectivity index (χ0) is 17.7. The molecule has 2 unspecified atom stereocenters. The predicted molar refractivity (Wildman–Crippen MR) is 92.1 cm³/mol. The second-order valence-corrected chi connectivity index (χ2v) is 5.73. The van der Waals surface area contributed by atoms with Gasteiger partial charge in [0, 0.05) is 18.2 Å². The second kappa shape index (κ2) is 8.13. The minimum Gasteiger partial charge on any atom is -0.493 e. The molecule has 24 heavy (non-hydrogen) atoms. The molecule has 0 bridgehead atoms. The molecule has 0 spiro atoms. The summed E-state index contributed by atoms with van der Waals surface area (Å²) in [6.45, 7) is 4.22. The maximum atomic E-state index is 13.7. The third-order valence-electron chi connectivity index (χ3n) is 4.12. The van der Waals surface area contributed by atoms with Crippen molar-refractivity contribution in [2.45, 2.75) is 26.0 Å². The number of rotatable bonds is 7. The topological polar surface area (TPSA) is 50.7 Å². The van der Waals surface area contributed by atoms with Gasteiger partial charge in [-0.3, -0.25) is 0 Å². The molecule has 2 atom stereocenters. The van der Waals surface area contributed by atoms with E-state index in [0.717, 1.165) is 11.1 Å². The van der Waals surface area contributed by atoms with E-state index in [0.29, 0.717) is 17.1 Å². The minimum absolute atomic E-state index is 0.0359. The third kappa shape index (κ3) is 4.04. The smallest absolute Gasteiger partial charge is 0.161 e. The van der Waals surface area contributed by atoms with E-state index < -0.39 is 11.9 Å². The van der Waals surface area contributed by atoms with Crippen LogP contribution in [-0.4, -0.2) is 25.9 Å². The van der Waals surface area contributed by atoms with Gasteiger partial charge in [-0.2, -0.15) is 0 Å². The molecule has 5 heteroatoms. The molecule has 0 aliphatic heterocycles.